The fourth-order valence-electron chi connectivity index (χ4n) is 3.11. The van der Waals surface area contributed by atoms with Crippen LogP contribution in [-0.4, -0.2) is 0 Å². The van der Waals surface area contributed by atoms with E-state index in [2.05, 4.69) is 5.43 Å². The van der Waals surface area contributed by atoms with Crippen molar-refractivity contribution in [2.75, 3.05) is 0 Å². The van der Waals surface area contributed by atoms with Crippen molar-refractivity contribution in [3.8, 4) is 0 Å². The minimum absolute atomic E-state index is 0.0691. The van der Waals surface area contributed by atoms with Gasteiger partial charge in [0, 0.05) is 6.04 Å². The number of aryl methyl sites for hydroxylation is 1. The number of halogens is 3. The molecule has 1 saturated carbocycles. The molecule has 1 aromatic rings. The summed E-state index contributed by atoms with van der Waals surface area (Å²) in [6.45, 7) is 1.71. The highest BCUT2D eigenvalue weighted by atomic mass is 19.4. The number of hydrogen-bond acceptors (Lipinski definition) is 2. The van der Waals surface area contributed by atoms with Crippen LogP contribution in [0.1, 0.15) is 54.8 Å². The van der Waals surface area contributed by atoms with E-state index in [9.17, 15) is 13.2 Å². The first-order valence-electron chi connectivity index (χ1n) is 7.05. The van der Waals surface area contributed by atoms with Crippen LogP contribution in [0, 0.1) is 12.8 Å². The summed E-state index contributed by atoms with van der Waals surface area (Å²) in [7, 11) is 0. The lowest BCUT2D eigenvalue weighted by molar-refractivity contribution is -0.137. The number of nitrogens with two attached hydrogens (primary N) is 1. The highest BCUT2D eigenvalue weighted by Crippen LogP contribution is 2.35. The molecule has 0 aliphatic heterocycles. The molecule has 0 heterocycles. The first-order chi connectivity index (χ1) is 9.41. The molecule has 2 nitrogen and oxygen atoms in total. The van der Waals surface area contributed by atoms with Crippen molar-refractivity contribution in [2.45, 2.75) is 51.2 Å². The molecular formula is C15H21F3N2. The molecular weight excluding hydrogens is 265 g/mol. The highest BCUT2D eigenvalue weighted by molar-refractivity contribution is 5.34. The fourth-order valence-corrected chi connectivity index (χ4v) is 3.11. The second-order valence-corrected chi connectivity index (χ2v) is 5.67. The third-order valence-electron chi connectivity index (χ3n) is 4.22. The molecule has 3 N–H and O–H groups in total. The maximum absolute atomic E-state index is 12.7. The summed E-state index contributed by atoms with van der Waals surface area (Å²) < 4.78 is 38.0. The fraction of sp³-hybridized carbons (Fsp3) is 0.600. The van der Waals surface area contributed by atoms with Gasteiger partial charge < -0.3 is 0 Å². The quantitative estimate of drug-likeness (QED) is 0.646. The van der Waals surface area contributed by atoms with Crippen molar-refractivity contribution in [2.24, 2.45) is 11.8 Å². The number of hydrazine groups is 1. The molecule has 1 aliphatic rings. The Morgan fingerprint density at radius 3 is 2.45 bits per heavy atom. The number of alkyl halides is 3. The van der Waals surface area contributed by atoms with Crippen LogP contribution in [0.15, 0.2) is 18.2 Å². The van der Waals surface area contributed by atoms with Crippen molar-refractivity contribution in [1.29, 1.82) is 0 Å². The van der Waals surface area contributed by atoms with Gasteiger partial charge in [-0.2, -0.15) is 13.2 Å². The van der Waals surface area contributed by atoms with Crippen molar-refractivity contribution < 1.29 is 13.2 Å². The molecule has 112 valence electrons. The summed E-state index contributed by atoms with van der Waals surface area (Å²) in [5, 5.41) is 0. The zero-order chi connectivity index (χ0) is 14.8. The number of benzene rings is 1. The second kappa shape index (κ2) is 6.14. The van der Waals surface area contributed by atoms with E-state index in [1.165, 1.54) is 31.7 Å². The van der Waals surface area contributed by atoms with Crippen LogP contribution in [-0.2, 0) is 6.18 Å². The summed E-state index contributed by atoms with van der Waals surface area (Å²) >= 11 is 0. The van der Waals surface area contributed by atoms with Crippen LogP contribution in [0.25, 0.3) is 0 Å². The molecule has 2 rings (SSSR count). The molecule has 1 aliphatic carbocycles. The maximum Gasteiger partial charge on any atom is 0.416 e. The largest absolute Gasteiger partial charge is 0.416 e. The van der Waals surface area contributed by atoms with Crippen LogP contribution in [0.5, 0.6) is 0 Å². The van der Waals surface area contributed by atoms with Gasteiger partial charge in [-0.25, -0.2) is 0 Å². The van der Waals surface area contributed by atoms with E-state index in [0.29, 0.717) is 11.5 Å². The molecule has 5 heteroatoms. The average molecular weight is 286 g/mol. The molecule has 1 atom stereocenters. The zero-order valence-corrected chi connectivity index (χ0v) is 11.6. The summed E-state index contributed by atoms with van der Waals surface area (Å²) in [4.78, 5) is 0. The SMILES string of the molecule is Cc1cc(C(F)(F)F)ccc1C(CC1CCCC1)NN. The number of nitrogens with one attached hydrogen (secondary N) is 1. The highest BCUT2D eigenvalue weighted by Gasteiger charge is 2.31. The molecule has 0 saturated heterocycles. The van der Waals surface area contributed by atoms with Gasteiger partial charge in [0.05, 0.1) is 5.56 Å². The Balaban J connectivity index is 2.17. The molecule has 1 aromatic carbocycles. The Morgan fingerprint density at radius 1 is 1.30 bits per heavy atom. The van der Waals surface area contributed by atoms with Gasteiger partial charge in [-0.3, -0.25) is 11.3 Å². The van der Waals surface area contributed by atoms with Gasteiger partial charge in [0.25, 0.3) is 0 Å². The molecule has 1 fully saturated rings. The van der Waals surface area contributed by atoms with E-state index < -0.39 is 11.7 Å². The van der Waals surface area contributed by atoms with Gasteiger partial charge in [-0.05, 0) is 42.5 Å². The monoisotopic (exact) mass is 286 g/mol. The lowest BCUT2D eigenvalue weighted by Gasteiger charge is -2.22. The molecule has 0 spiro atoms. The summed E-state index contributed by atoms with van der Waals surface area (Å²) in [6.07, 6.45) is 1.47. The average Bonchev–Trinajstić information content (AvgIpc) is 2.88. The molecule has 0 aromatic heterocycles. The Kier molecular flexibility index (Phi) is 4.70. The molecule has 0 radical (unpaired) electrons. The first-order valence-corrected chi connectivity index (χ1v) is 7.05. The standard InChI is InChI=1S/C15H21F3N2/c1-10-8-12(15(16,17)18)6-7-13(10)14(20-19)9-11-4-2-3-5-11/h6-8,11,14,20H,2-5,9,19H2,1H3. The van der Waals surface area contributed by atoms with Gasteiger partial charge in [0.2, 0.25) is 0 Å². The Morgan fingerprint density at radius 2 is 1.95 bits per heavy atom. The molecule has 20 heavy (non-hydrogen) atoms. The van der Waals surface area contributed by atoms with E-state index in [0.717, 1.165) is 18.1 Å². The van der Waals surface area contributed by atoms with Crippen molar-refractivity contribution in [3.63, 3.8) is 0 Å². The Labute approximate surface area is 117 Å². The number of rotatable bonds is 4. The van der Waals surface area contributed by atoms with Gasteiger partial charge in [0.1, 0.15) is 0 Å². The zero-order valence-electron chi connectivity index (χ0n) is 11.6. The topological polar surface area (TPSA) is 38.0 Å². The third kappa shape index (κ3) is 3.52. The van der Waals surface area contributed by atoms with E-state index in [-0.39, 0.29) is 6.04 Å². The van der Waals surface area contributed by atoms with Gasteiger partial charge in [-0.1, -0.05) is 31.7 Å². The summed E-state index contributed by atoms with van der Waals surface area (Å²) in [5.41, 5.74) is 3.67. The smallest absolute Gasteiger partial charge is 0.271 e. The molecule has 1 unspecified atom stereocenters. The van der Waals surface area contributed by atoms with E-state index in [4.69, 9.17) is 5.84 Å². The van der Waals surface area contributed by atoms with Crippen LogP contribution < -0.4 is 11.3 Å². The summed E-state index contributed by atoms with van der Waals surface area (Å²) in [6, 6.07) is 3.83. The number of hydrogen-bond donors (Lipinski definition) is 2. The van der Waals surface area contributed by atoms with Crippen LogP contribution >= 0.6 is 0 Å². The van der Waals surface area contributed by atoms with Crippen molar-refractivity contribution in [3.05, 3.63) is 34.9 Å². The lowest BCUT2D eigenvalue weighted by atomic mass is 9.91. The van der Waals surface area contributed by atoms with Crippen LogP contribution in [0.4, 0.5) is 13.2 Å². The van der Waals surface area contributed by atoms with Crippen molar-refractivity contribution >= 4 is 0 Å². The lowest BCUT2D eigenvalue weighted by Crippen LogP contribution is -2.30. The van der Waals surface area contributed by atoms with Gasteiger partial charge >= 0.3 is 6.18 Å². The van der Waals surface area contributed by atoms with Crippen LogP contribution in [0.3, 0.4) is 0 Å². The van der Waals surface area contributed by atoms with Gasteiger partial charge in [0.15, 0.2) is 0 Å². The van der Waals surface area contributed by atoms with Gasteiger partial charge in [-0.15, -0.1) is 0 Å². The molecule has 0 amide bonds. The minimum atomic E-state index is -4.29. The third-order valence-corrected chi connectivity index (χ3v) is 4.22. The van der Waals surface area contributed by atoms with E-state index in [1.807, 2.05) is 0 Å². The second-order valence-electron chi connectivity index (χ2n) is 5.67. The van der Waals surface area contributed by atoms with Crippen LogP contribution in [0.2, 0.25) is 0 Å². The molecule has 0 bridgehead atoms. The Hall–Kier alpha value is -1.07. The predicted octanol–water partition coefficient (Wildman–Crippen LogP) is 4.10. The van der Waals surface area contributed by atoms with E-state index >= 15 is 0 Å². The minimum Gasteiger partial charge on any atom is -0.271 e. The first kappa shape index (κ1) is 15.3. The predicted molar refractivity (Wildman–Crippen MR) is 72.8 cm³/mol. The summed E-state index contributed by atoms with van der Waals surface area (Å²) in [5.74, 6) is 6.23. The van der Waals surface area contributed by atoms with Crippen molar-refractivity contribution in [1.82, 2.24) is 5.43 Å². The van der Waals surface area contributed by atoms with E-state index in [1.54, 1.807) is 13.0 Å². The Bertz CT molecular complexity index is 451. The normalized spacial score (nSPS) is 18.4. The maximum atomic E-state index is 12.7.